The molecule has 1 saturated carbocycles. The second-order valence-corrected chi connectivity index (χ2v) is 3.95. The quantitative estimate of drug-likeness (QED) is 0.591. The molecule has 0 radical (unpaired) electrons. The van der Waals surface area contributed by atoms with Gasteiger partial charge in [0.1, 0.15) is 6.04 Å². The second-order valence-electron chi connectivity index (χ2n) is 3.95. The average molecular weight is 185 g/mol. The van der Waals surface area contributed by atoms with Gasteiger partial charge < -0.3 is 15.2 Å². The minimum atomic E-state index is -0.189. The van der Waals surface area contributed by atoms with Gasteiger partial charge in [-0.3, -0.25) is 4.79 Å². The number of ether oxygens (including phenoxy) is 1. The molecule has 0 aromatic heterocycles. The summed E-state index contributed by atoms with van der Waals surface area (Å²) in [7, 11) is 0. The van der Waals surface area contributed by atoms with Crippen LogP contribution in [0.1, 0.15) is 19.8 Å². The number of aliphatic hydroxyl groups is 1. The topological polar surface area (TPSA) is 58.6 Å². The standard InChI is InChI=1S/C9H15NO3/c1-2-13-8(12)6-3-9(5-11)4-7(9)10-6/h6-7,10-11H,2-5H2,1H3/t6?,7-,9+/m0/s1. The largest absolute Gasteiger partial charge is 0.465 e. The van der Waals surface area contributed by atoms with Crippen molar-refractivity contribution in [3.8, 4) is 0 Å². The molecule has 0 aromatic rings. The van der Waals surface area contributed by atoms with Gasteiger partial charge in [-0.05, 0) is 19.8 Å². The molecule has 2 N–H and O–H groups in total. The first kappa shape index (κ1) is 8.97. The zero-order valence-electron chi connectivity index (χ0n) is 7.75. The summed E-state index contributed by atoms with van der Waals surface area (Å²) in [5, 5.41) is 12.3. The summed E-state index contributed by atoms with van der Waals surface area (Å²) in [5.74, 6) is -0.178. The van der Waals surface area contributed by atoms with Gasteiger partial charge in [-0.15, -0.1) is 0 Å². The fourth-order valence-corrected chi connectivity index (χ4v) is 2.15. The number of carbonyl (C=O) groups is 1. The van der Waals surface area contributed by atoms with Gasteiger partial charge in [0.15, 0.2) is 0 Å². The molecule has 1 aliphatic heterocycles. The Labute approximate surface area is 77.3 Å². The molecule has 0 bridgehead atoms. The van der Waals surface area contributed by atoms with Crippen molar-refractivity contribution in [1.82, 2.24) is 5.32 Å². The molecule has 2 rings (SSSR count). The van der Waals surface area contributed by atoms with Crippen LogP contribution < -0.4 is 5.32 Å². The number of aliphatic hydroxyl groups excluding tert-OH is 1. The SMILES string of the molecule is CCOC(=O)C1C[C@]2(CO)C[C@@H]2N1. The number of esters is 1. The molecule has 4 nitrogen and oxygen atoms in total. The molecule has 4 heteroatoms. The van der Waals surface area contributed by atoms with E-state index in [0.29, 0.717) is 12.6 Å². The summed E-state index contributed by atoms with van der Waals surface area (Å²) in [6.07, 6.45) is 1.73. The number of fused-ring (bicyclic) bond motifs is 1. The Morgan fingerprint density at radius 3 is 3.00 bits per heavy atom. The van der Waals surface area contributed by atoms with Crippen LogP contribution in [0.3, 0.4) is 0 Å². The fourth-order valence-electron chi connectivity index (χ4n) is 2.15. The maximum atomic E-state index is 11.3. The van der Waals surface area contributed by atoms with E-state index in [1.165, 1.54) is 0 Å². The second kappa shape index (κ2) is 2.96. The lowest BCUT2D eigenvalue weighted by Gasteiger charge is -2.13. The van der Waals surface area contributed by atoms with E-state index in [1.54, 1.807) is 6.92 Å². The van der Waals surface area contributed by atoms with Crippen molar-refractivity contribution in [2.45, 2.75) is 31.8 Å². The van der Waals surface area contributed by atoms with Crippen LogP contribution in [0.2, 0.25) is 0 Å². The first-order valence-corrected chi connectivity index (χ1v) is 4.75. The minimum absolute atomic E-state index is 0.00255. The fraction of sp³-hybridized carbons (Fsp3) is 0.889. The Balaban J connectivity index is 1.89. The summed E-state index contributed by atoms with van der Waals surface area (Å²) >= 11 is 0. The number of hydrogen-bond donors (Lipinski definition) is 2. The summed E-state index contributed by atoms with van der Waals surface area (Å²) in [6.45, 7) is 2.41. The maximum Gasteiger partial charge on any atom is 0.323 e. The Morgan fingerprint density at radius 2 is 2.46 bits per heavy atom. The van der Waals surface area contributed by atoms with E-state index in [9.17, 15) is 4.79 Å². The van der Waals surface area contributed by atoms with Crippen molar-refractivity contribution in [2.24, 2.45) is 5.41 Å². The highest BCUT2D eigenvalue weighted by molar-refractivity contribution is 5.77. The van der Waals surface area contributed by atoms with E-state index in [1.807, 2.05) is 0 Å². The van der Waals surface area contributed by atoms with E-state index in [2.05, 4.69) is 5.32 Å². The number of carbonyl (C=O) groups excluding carboxylic acids is 1. The van der Waals surface area contributed by atoms with Gasteiger partial charge in [0.25, 0.3) is 0 Å². The molecule has 1 unspecified atom stereocenters. The first-order chi connectivity index (χ1) is 6.22. The third-order valence-electron chi connectivity index (χ3n) is 3.09. The molecule has 1 aliphatic carbocycles. The molecular weight excluding hydrogens is 170 g/mol. The van der Waals surface area contributed by atoms with E-state index in [0.717, 1.165) is 12.8 Å². The zero-order chi connectivity index (χ0) is 9.47. The van der Waals surface area contributed by atoms with E-state index < -0.39 is 0 Å². The van der Waals surface area contributed by atoms with Gasteiger partial charge >= 0.3 is 5.97 Å². The molecule has 3 atom stereocenters. The highest BCUT2D eigenvalue weighted by atomic mass is 16.5. The molecule has 1 saturated heterocycles. The van der Waals surface area contributed by atoms with Gasteiger partial charge in [-0.2, -0.15) is 0 Å². The van der Waals surface area contributed by atoms with Gasteiger partial charge in [0, 0.05) is 11.5 Å². The van der Waals surface area contributed by atoms with Crippen LogP contribution in [0.25, 0.3) is 0 Å². The highest BCUT2D eigenvalue weighted by Gasteiger charge is 2.61. The molecule has 0 aromatic carbocycles. The summed E-state index contributed by atoms with van der Waals surface area (Å²) < 4.78 is 4.90. The van der Waals surface area contributed by atoms with Crippen molar-refractivity contribution in [3.05, 3.63) is 0 Å². The molecule has 2 fully saturated rings. The number of piperidine rings is 1. The van der Waals surface area contributed by atoms with Crippen LogP contribution in [0.5, 0.6) is 0 Å². The van der Waals surface area contributed by atoms with Crippen LogP contribution in [-0.2, 0) is 9.53 Å². The van der Waals surface area contributed by atoms with Gasteiger partial charge in [-0.1, -0.05) is 0 Å². The lowest BCUT2D eigenvalue weighted by atomic mass is 10.0. The highest BCUT2D eigenvalue weighted by Crippen LogP contribution is 2.54. The Hall–Kier alpha value is -0.610. The molecule has 1 heterocycles. The predicted octanol–water partition coefficient (Wildman–Crippen LogP) is -0.338. The number of nitrogens with one attached hydrogen (secondary N) is 1. The lowest BCUT2D eigenvalue weighted by molar-refractivity contribution is -0.145. The normalized spacial score (nSPS) is 41.4. The summed E-state index contributed by atoms with van der Waals surface area (Å²) in [6, 6.07) is 0.151. The Morgan fingerprint density at radius 1 is 1.69 bits per heavy atom. The number of rotatable bonds is 3. The third kappa shape index (κ3) is 1.34. The van der Waals surface area contributed by atoms with Crippen LogP contribution in [0.4, 0.5) is 0 Å². The first-order valence-electron chi connectivity index (χ1n) is 4.75. The van der Waals surface area contributed by atoms with Crippen LogP contribution >= 0.6 is 0 Å². The summed E-state index contributed by atoms with van der Waals surface area (Å²) in [4.78, 5) is 11.3. The van der Waals surface area contributed by atoms with Crippen molar-refractivity contribution >= 4 is 5.97 Å². The van der Waals surface area contributed by atoms with Crippen LogP contribution in [0.15, 0.2) is 0 Å². The zero-order valence-corrected chi connectivity index (χ0v) is 7.75. The Kier molecular flexibility index (Phi) is 2.04. The van der Waals surface area contributed by atoms with E-state index >= 15 is 0 Å². The van der Waals surface area contributed by atoms with E-state index in [-0.39, 0.29) is 24.0 Å². The molecular formula is C9H15NO3. The molecule has 2 aliphatic rings. The van der Waals surface area contributed by atoms with Crippen LogP contribution in [0, 0.1) is 5.41 Å². The van der Waals surface area contributed by atoms with Gasteiger partial charge in [0.2, 0.25) is 0 Å². The van der Waals surface area contributed by atoms with Crippen LogP contribution in [-0.4, -0.2) is 36.4 Å². The monoisotopic (exact) mass is 185 g/mol. The lowest BCUT2D eigenvalue weighted by Crippen LogP contribution is -2.35. The summed E-state index contributed by atoms with van der Waals surface area (Å²) in [5.41, 5.74) is -0.00255. The molecule has 0 spiro atoms. The number of hydrogen-bond acceptors (Lipinski definition) is 4. The van der Waals surface area contributed by atoms with Crippen molar-refractivity contribution in [3.63, 3.8) is 0 Å². The third-order valence-corrected chi connectivity index (χ3v) is 3.09. The van der Waals surface area contributed by atoms with Crippen molar-refractivity contribution < 1.29 is 14.6 Å². The predicted molar refractivity (Wildman–Crippen MR) is 46.1 cm³/mol. The smallest absolute Gasteiger partial charge is 0.323 e. The molecule has 74 valence electrons. The average Bonchev–Trinajstić information content (AvgIpc) is 2.70. The molecule has 0 amide bonds. The van der Waals surface area contributed by atoms with E-state index in [4.69, 9.17) is 9.84 Å². The minimum Gasteiger partial charge on any atom is -0.465 e. The maximum absolute atomic E-state index is 11.3. The van der Waals surface area contributed by atoms with Gasteiger partial charge in [-0.25, -0.2) is 0 Å². The van der Waals surface area contributed by atoms with Crippen molar-refractivity contribution in [1.29, 1.82) is 0 Å². The molecule has 13 heavy (non-hydrogen) atoms. The Bertz CT molecular complexity index is 227. The van der Waals surface area contributed by atoms with Gasteiger partial charge in [0.05, 0.1) is 13.2 Å². The van der Waals surface area contributed by atoms with Crippen molar-refractivity contribution in [2.75, 3.05) is 13.2 Å².